The molecule has 0 aliphatic carbocycles. The molecule has 0 aliphatic rings. The standard InChI is InChI=1S/C9H14Cl2N4O/c1-16-6-4-2-3-5-12-9-14-7(10)13-8(11)15-9/h2-6H2,1H3,(H,12,13,14,15). The summed E-state index contributed by atoms with van der Waals surface area (Å²) < 4.78 is 4.95. The normalized spacial score (nSPS) is 10.4. The van der Waals surface area contributed by atoms with Crippen LogP contribution in [-0.2, 0) is 4.74 Å². The van der Waals surface area contributed by atoms with Crippen LogP contribution in [0.2, 0.25) is 10.6 Å². The second kappa shape index (κ2) is 7.60. The molecule has 0 bridgehead atoms. The number of aromatic nitrogens is 3. The van der Waals surface area contributed by atoms with Crippen LogP contribution in [0, 0.1) is 0 Å². The molecule has 0 saturated carbocycles. The molecule has 0 atom stereocenters. The van der Waals surface area contributed by atoms with Gasteiger partial charge in [0, 0.05) is 20.3 Å². The summed E-state index contributed by atoms with van der Waals surface area (Å²) >= 11 is 11.3. The number of unbranched alkanes of at least 4 members (excludes halogenated alkanes) is 2. The third-order valence-electron chi connectivity index (χ3n) is 1.89. The number of hydrogen-bond acceptors (Lipinski definition) is 5. The number of ether oxygens (including phenoxy) is 1. The molecule has 1 rings (SSSR count). The lowest BCUT2D eigenvalue weighted by atomic mass is 10.2. The van der Waals surface area contributed by atoms with Crippen molar-refractivity contribution in [3.8, 4) is 0 Å². The van der Waals surface area contributed by atoms with Crippen molar-refractivity contribution >= 4 is 29.2 Å². The van der Waals surface area contributed by atoms with E-state index >= 15 is 0 Å². The van der Waals surface area contributed by atoms with E-state index in [4.69, 9.17) is 27.9 Å². The summed E-state index contributed by atoms with van der Waals surface area (Å²) in [5.41, 5.74) is 0. The predicted molar refractivity (Wildman–Crippen MR) is 64.1 cm³/mol. The topological polar surface area (TPSA) is 59.9 Å². The Morgan fingerprint density at radius 2 is 1.75 bits per heavy atom. The summed E-state index contributed by atoms with van der Waals surface area (Å²) in [5.74, 6) is 0.414. The van der Waals surface area contributed by atoms with Crippen LogP contribution in [0.25, 0.3) is 0 Å². The fourth-order valence-electron chi connectivity index (χ4n) is 1.15. The first-order valence-corrected chi connectivity index (χ1v) is 5.78. The summed E-state index contributed by atoms with van der Waals surface area (Å²) in [4.78, 5) is 11.4. The minimum atomic E-state index is 0.0990. The van der Waals surface area contributed by atoms with Gasteiger partial charge in [-0.3, -0.25) is 0 Å². The summed E-state index contributed by atoms with van der Waals surface area (Å²) in [7, 11) is 1.70. The molecular weight excluding hydrogens is 251 g/mol. The van der Waals surface area contributed by atoms with Crippen LogP contribution in [-0.4, -0.2) is 35.2 Å². The van der Waals surface area contributed by atoms with E-state index in [0.717, 1.165) is 32.4 Å². The van der Waals surface area contributed by atoms with Gasteiger partial charge in [0.15, 0.2) is 0 Å². The molecule has 0 spiro atoms. The van der Waals surface area contributed by atoms with E-state index in [9.17, 15) is 0 Å². The molecule has 7 heteroatoms. The molecule has 90 valence electrons. The molecule has 1 N–H and O–H groups in total. The van der Waals surface area contributed by atoms with Crippen molar-refractivity contribution in [3.05, 3.63) is 10.6 Å². The van der Waals surface area contributed by atoms with E-state index in [1.54, 1.807) is 7.11 Å². The molecule has 0 radical (unpaired) electrons. The first-order valence-electron chi connectivity index (χ1n) is 5.02. The van der Waals surface area contributed by atoms with Crippen LogP contribution in [0.15, 0.2) is 0 Å². The van der Waals surface area contributed by atoms with Crippen molar-refractivity contribution in [3.63, 3.8) is 0 Å². The molecule has 0 aromatic carbocycles. The average molecular weight is 265 g/mol. The van der Waals surface area contributed by atoms with Gasteiger partial charge in [-0.2, -0.15) is 15.0 Å². The number of nitrogens with zero attached hydrogens (tertiary/aromatic N) is 3. The molecule has 0 fully saturated rings. The Morgan fingerprint density at radius 1 is 1.06 bits per heavy atom. The highest BCUT2D eigenvalue weighted by atomic mass is 35.5. The van der Waals surface area contributed by atoms with Crippen molar-refractivity contribution < 1.29 is 4.74 Å². The van der Waals surface area contributed by atoms with E-state index in [1.807, 2.05) is 0 Å². The van der Waals surface area contributed by atoms with Crippen LogP contribution in [0.5, 0.6) is 0 Å². The van der Waals surface area contributed by atoms with Crippen LogP contribution in [0.1, 0.15) is 19.3 Å². The molecule has 0 amide bonds. The minimum absolute atomic E-state index is 0.0990. The number of methoxy groups -OCH3 is 1. The van der Waals surface area contributed by atoms with Gasteiger partial charge in [-0.15, -0.1) is 0 Å². The highest BCUT2D eigenvalue weighted by Crippen LogP contribution is 2.09. The summed E-state index contributed by atoms with van der Waals surface area (Å²) in [6.45, 7) is 1.57. The van der Waals surface area contributed by atoms with Gasteiger partial charge >= 0.3 is 0 Å². The fraction of sp³-hybridized carbons (Fsp3) is 0.667. The maximum Gasteiger partial charge on any atom is 0.228 e. The van der Waals surface area contributed by atoms with E-state index in [1.165, 1.54) is 0 Å². The Kier molecular flexibility index (Phi) is 6.37. The fourth-order valence-corrected chi connectivity index (χ4v) is 1.52. The maximum atomic E-state index is 5.63. The Labute approximate surface area is 105 Å². The van der Waals surface area contributed by atoms with E-state index in [0.29, 0.717) is 5.95 Å². The van der Waals surface area contributed by atoms with E-state index in [2.05, 4.69) is 20.3 Å². The molecule has 1 heterocycles. The molecule has 0 aliphatic heterocycles. The highest BCUT2D eigenvalue weighted by molar-refractivity contribution is 6.31. The van der Waals surface area contributed by atoms with Crippen LogP contribution in [0.3, 0.4) is 0 Å². The SMILES string of the molecule is COCCCCCNc1nc(Cl)nc(Cl)n1. The lowest BCUT2D eigenvalue weighted by molar-refractivity contribution is 0.192. The monoisotopic (exact) mass is 264 g/mol. The average Bonchev–Trinajstić information content (AvgIpc) is 2.22. The quantitative estimate of drug-likeness (QED) is 0.767. The Bertz CT molecular complexity index is 304. The molecule has 0 unspecified atom stereocenters. The summed E-state index contributed by atoms with van der Waals surface area (Å²) in [5, 5.41) is 3.23. The van der Waals surface area contributed by atoms with Gasteiger partial charge in [-0.25, -0.2) is 0 Å². The third kappa shape index (κ3) is 5.44. The molecule has 16 heavy (non-hydrogen) atoms. The number of hydrogen-bond donors (Lipinski definition) is 1. The van der Waals surface area contributed by atoms with Crippen LogP contribution < -0.4 is 5.32 Å². The van der Waals surface area contributed by atoms with Gasteiger partial charge in [0.05, 0.1) is 0 Å². The lowest BCUT2D eigenvalue weighted by Crippen LogP contribution is -2.06. The van der Waals surface area contributed by atoms with Crippen molar-refractivity contribution in [2.45, 2.75) is 19.3 Å². The van der Waals surface area contributed by atoms with E-state index < -0.39 is 0 Å². The molecule has 1 aromatic heterocycles. The summed E-state index contributed by atoms with van der Waals surface area (Å²) in [6.07, 6.45) is 3.16. The van der Waals surface area contributed by atoms with Gasteiger partial charge in [-0.1, -0.05) is 0 Å². The van der Waals surface area contributed by atoms with Crippen LogP contribution >= 0.6 is 23.2 Å². The Morgan fingerprint density at radius 3 is 2.38 bits per heavy atom. The molecule has 0 saturated heterocycles. The minimum Gasteiger partial charge on any atom is -0.385 e. The number of halogens is 2. The molecular formula is C9H14Cl2N4O. The zero-order chi connectivity index (χ0) is 11.8. The van der Waals surface area contributed by atoms with Gasteiger partial charge < -0.3 is 10.1 Å². The van der Waals surface area contributed by atoms with Gasteiger partial charge in [-0.05, 0) is 42.5 Å². The van der Waals surface area contributed by atoms with E-state index in [-0.39, 0.29) is 10.6 Å². The smallest absolute Gasteiger partial charge is 0.228 e. The molecule has 5 nitrogen and oxygen atoms in total. The third-order valence-corrected chi connectivity index (χ3v) is 2.23. The maximum absolute atomic E-state index is 5.63. The first-order chi connectivity index (χ1) is 7.72. The highest BCUT2D eigenvalue weighted by Gasteiger charge is 2.01. The van der Waals surface area contributed by atoms with Crippen molar-refractivity contribution in [1.29, 1.82) is 0 Å². The van der Waals surface area contributed by atoms with Gasteiger partial charge in [0.2, 0.25) is 16.5 Å². The van der Waals surface area contributed by atoms with Gasteiger partial charge in [0.1, 0.15) is 0 Å². The second-order valence-corrected chi connectivity index (χ2v) is 3.85. The van der Waals surface area contributed by atoms with Gasteiger partial charge in [0.25, 0.3) is 0 Å². The number of nitrogens with one attached hydrogen (secondary N) is 1. The first kappa shape index (κ1) is 13.4. The molecule has 1 aromatic rings. The largest absolute Gasteiger partial charge is 0.385 e. The van der Waals surface area contributed by atoms with Crippen molar-refractivity contribution in [2.24, 2.45) is 0 Å². The lowest BCUT2D eigenvalue weighted by Gasteiger charge is -2.04. The second-order valence-electron chi connectivity index (χ2n) is 3.18. The zero-order valence-corrected chi connectivity index (χ0v) is 10.6. The number of rotatable bonds is 7. The summed E-state index contributed by atoms with van der Waals surface area (Å²) in [6, 6.07) is 0. The van der Waals surface area contributed by atoms with Crippen molar-refractivity contribution in [2.75, 3.05) is 25.6 Å². The zero-order valence-electron chi connectivity index (χ0n) is 9.04. The van der Waals surface area contributed by atoms with Crippen LogP contribution in [0.4, 0.5) is 5.95 Å². The number of anilines is 1. The Hall–Kier alpha value is -0.650. The Balaban J connectivity index is 2.21. The predicted octanol–water partition coefficient (Wildman–Crippen LogP) is 2.41. The van der Waals surface area contributed by atoms with Crippen molar-refractivity contribution in [1.82, 2.24) is 15.0 Å².